The van der Waals surface area contributed by atoms with E-state index in [1.807, 2.05) is 6.92 Å². The van der Waals surface area contributed by atoms with Crippen molar-refractivity contribution < 1.29 is 4.92 Å². The van der Waals surface area contributed by atoms with Gasteiger partial charge in [0.2, 0.25) is 0 Å². The molecule has 1 aromatic rings. The molecule has 0 amide bonds. The van der Waals surface area contributed by atoms with Gasteiger partial charge in [0.1, 0.15) is 0 Å². The number of nitrogens with one attached hydrogen (secondary N) is 1. The molecule has 2 atom stereocenters. The maximum Gasteiger partial charge on any atom is 0.269 e. The lowest BCUT2D eigenvalue weighted by Crippen LogP contribution is -2.30. The summed E-state index contributed by atoms with van der Waals surface area (Å²) in [5.74, 6) is 2.71. The molecule has 0 aromatic heterocycles. The fraction of sp³-hybridized carbons (Fsp3) is 0.429. The van der Waals surface area contributed by atoms with E-state index >= 15 is 0 Å². The van der Waals surface area contributed by atoms with Crippen molar-refractivity contribution >= 4 is 5.69 Å². The van der Waals surface area contributed by atoms with Gasteiger partial charge >= 0.3 is 0 Å². The minimum Gasteiger partial charge on any atom is -0.297 e. The van der Waals surface area contributed by atoms with Crippen LogP contribution in [0.3, 0.4) is 0 Å². The molecular weight excluding hydrogens is 228 g/mol. The molecule has 96 valence electrons. The van der Waals surface area contributed by atoms with Crippen LogP contribution in [0.1, 0.15) is 38.3 Å². The number of rotatable bonds is 6. The lowest BCUT2D eigenvalue weighted by atomic mass is 10.1. The number of nitrogens with zero attached hydrogens (tertiary/aromatic N) is 1. The van der Waals surface area contributed by atoms with Gasteiger partial charge in [-0.1, -0.05) is 31.4 Å². The van der Waals surface area contributed by atoms with Crippen molar-refractivity contribution in [3.8, 4) is 12.3 Å². The highest BCUT2D eigenvalue weighted by Crippen LogP contribution is 2.18. The smallest absolute Gasteiger partial charge is 0.269 e. The Morgan fingerprint density at radius 1 is 1.44 bits per heavy atom. The van der Waals surface area contributed by atoms with Crippen LogP contribution in [-0.4, -0.2) is 11.0 Å². The molecule has 4 heteroatoms. The highest BCUT2D eigenvalue weighted by molar-refractivity contribution is 5.34. The number of terminal acetylenes is 1. The molecule has 0 bridgehead atoms. The van der Waals surface area contributed by atoms with Gasteiger partial charge in [-0.2, -0.15) is 0 Å². The van der Waals surface area contributed by atoms with E-state index in [0.29, 0.717) is 0 Å². The quantitative estimate of drug-likeness (QED) is 0.477. The van der Waals surface area contributed by atoms with Crippen LogP contribution in [0.5, 0.6) is 0 Å². The lowest BCUT2D eigenvalue weighted by molar-refractivity contribution is -0.384. The lowest BCUT2D eigenvalue weighted by Gasteiger charge is -2.19. The molecule has 2 unspecified atom stereocenters. The van der Waals surface area contributed by atoms with Gasteiger partial charge in [0.25, 0.3) is 5.69 Å². The van der Waals surface area contributed by atoms with Crippen molar-refractivity contribution in [3.05, 3.63) is 39.9 Å². The molecule has 0 spiro atoms. The summed E-state index contributed by atoms with van der Waals surface area (Å²) in [4.78, 5) is 10.2. The molecule has 1 N–H and O–H groups in total. The first-order valence-electron chi connectivity index (χ1n) is 6.05. The number of non-ortho nitro benzene ring substituents is 1. The summed E-state index contributed by atoms with van der Waals surface area (Å²) in [6.45, 7) is 4.09. The summed E-state index contributed by atoms with van der Waals surface area (Å²) >= 11 is 0. The molecule has 0 radical (unpaired) electrons. The molecule has 0 fully saturated rings. The Morgan fingerprint density at radius 3 is 2.50 bits per heavy atom. The Balaban J connectivity index is 2.69. The fourth-order valence-corrected chi connectivity index (χ4v) is 1.79. The first-order valence-corrected chi connectivity index (χ1v) is 6.05. The van der Waals surface area contributed by atoms with Gasteiger partial charge < -0.3 is 0 Å². The Morgan fingerprint density at radius 2 is 2.06 bits per heavy atom. The van der Waals surface area contributed by atoms with Gasteiger partial charge in [0.05, 0.1) is 11.0 Å². The molecule has 0 aliphatic rings. The number of benzene rings is 1. The van der Waals surface area contributed by atoms with E-state index in [-0.39, 0.29) is 17.8 Å². The Hall–Kier alpha value is -1.86. The van der Waals surface area contributed by atoms with Crippen molar-refractivity contribution in [1.82, 2.24) is 5.32 Å². The van der Waals surface area contributed by atoms with E-state index < -0.39 is 4.92 Å². The third-order valence-corrected chi connectivity index (χ3v) is 2.83. The monoisotopic (exact) mass is 246 g/mol. The van der Waals surface area contributed by atoms with Gasteiger partial charge in [-0.25, -0.2) is 0 Å². The number of nitro groups is 1. The van der Waals surface area contributed by atoms with E-state index in [1.165, 1.54) is 12.1 Å². The molecular formula is C14H18N2O2. The van der Waals surface area contributed by atoms with Gasteiger partial charge in [0, 0.05) is 18.2 Å². The first-order chi connectivity index (χ1) is 8.58. The normalized spacial score (nSPS) is 13.6. The fourth-order valence-electron chi connectivity index (χ4n) is 1.79. The number of hydrogen-bond donors (Lipinski definition) is 1. The van der Waals surface area contributed by atoms with Crippen molar-refractivity contribution in [2.24, 2.45) is 0 Å². The van der Waals surface area contributed by atoms with Crippen LogP contribution in [-0.2, 0) is 0 Å². The van der Waals surface area contributed by atoms with E-state index in [9.17, 15) is 10.1 Å². The third kappa shape index (κ3) is 3.86. The van der Waals surface area contributed by atoms with Crippen molar-refractivity contribution in [1.29, 1.82) is 0 Å². The predicted octanol–water partition coefficient (Wildman–Crippen LogP) is 3.05. The molecule has 0 saturated carbocycles. The van der Waals surface area contributed by atoms with Crippen molar-refractivity contribution in [2.45, 2.75) is 38.8 Å². The minimum absolute atomic E-state index is 0.0418. The second kappa shape index (κ2) is 6.77. The Kier molecular flexibility index (Phi) is 5.34. The molecule has 4 nitrogen and oxygen atoms in total. The molecule has 18 heavy (non-hydrogen) atoms. The summed E-state index contributed by atoms with van der Waals surface area (Å²) in [7, 11) is 0. The van der Waals surface area contributed by atoms with Crippen LogP contribution in [0.2, 0.25) is 0 Å². The van der Waals surface area contributed by atoms with Crippen molar-refractivity contribution in [3.63, 3.8) is 0 Å². The standard InChI is InChI=1S/C14H18N2O2/c1-4-6-13(5-2)15-11(3)12-7-9-14(10-8-12)16(17)18/h2,7-11,13,15H,4,6H2,1,3H3. The summed E-state index contributed by atoms with van der Waals surface area (Å²) in [5, 5.41) is 13.9. The van der Waals surface area contributed by atoms with E-state index in [2.05, 4.69) is 18.2 Å². The second-order valence-electron chi connectivity index (χ2n) is 4.24. The van der Waals surface area contributed by atoms with E-state index in [1.54, 1.807) is 12.1 Å². The largest absolute Gasteiger partial charge is 0.297 e. The highest BCUT2D eigenvalue weighted by Gasteiger charge is 2.12. The Labute approximate surface area is 108 Å². The third-order valence-electron chi connectivity index (χ3n) is 2.83. The van der Waals surface area contributed by atoms with Gasteiger partial charge in [-0.3, -0.25) is 15.4 Å². The maximum atomic E-state index is 10.6. The van der Waals surface area contributed by atoms with E-state index in [4.69, 9.17) is 6.42 Å². The summed E-state index contributed by atoms with van der Waals surface area (Å²) < 4.78 is 0. The van der Waals surface area contributed by atoms with Crippen LogP contribution >= 0.6 is 0 Å². The highest BCUT2D eigenvalue weighted by atomic mass is 16.6. The average molecular weight is 246 g/mol. The molecule has 1 rings (SSSR count). The molecule has 0 heterocycles. The van der Waals surface area contributed by atoms with Gasteiger partial charge in [0.15, 0.2) is 0 Å². The maximum absolute atomic E-state index is 10.6. The molecule has 1 aromatic carbocycles. The van der Waals surface area contributed by atoms with Crippen LogP contribution in [0.15, 0.2) is 24.3 Å². The van der Waals surface area contributed by atoms with E-state index in [0.717, 1.165) is 18.4 Å². The van der Waals surface area contributed by atoms with Crippen molar-refractivity contribution in [2.75, 3.05) is 0 Å². The molecule has 0 aliphatic heterocycles. The Bertz CT molecular complexity index is 434. The number of hydrogen-bond acceptors (Lipinski definition) is 3. The van der Waals surface area contributed by atoms with Crippen LogP contribution in [0.4, 0.5) is 5.69 Å². The topological polar surface area (TPSA) is 55.2 Å². The van der Waals surface area contributed by atoms with Gasteiger partial charge in [-0.15, -0.1) is 6.42 Å². The van der Waals surface area contributed by atoms with Crippen LogP contribution < -0.4 is 5.32 Å². The van der Waals surface area contributed by atoms with Crippen LogP contribution in [0, 0.1) is 22.5 Å². The molecule has 0 aliphatic carbocycles. The zero-order chi connectivity index (χ0) is 13.5. The first kappa shape index (κ1) is 14.2. The average Bonchev–Trinajstić information content (AvgIpc) is 2.38. The molecule has 0 saturated heterocycles. The SMILES string of the molecule is C#CC(CCC)NC(C)c1ccc([N+](=O)[O-])cc1. The van der Waals surface area contributed by atoms with Gasteiger partial charge in [-0.05, 0) is 18.9 Å². The zero-order valence-corrected chi connectivity index (χ0v) is 10.7. The number of nitro benzene ring substituents is 1. The zero-order valence-electron chi connectivity index (χ0n) is 10.7. The predicted molar refractivity (Wildman–Crippen MR) is 72.2 cm³/mol. The summed E-state index contributed by atoms with van der Waals surface area (Å²) in [5.41, 5.74) is 1.10. The summed E-state index contributed by atoms with van der Waals surface area (Å²) in [6, 6.07) is 6.67. The minimum atomic E-state index is -0.400. The second-order valence-corrected chi connectivity index (χ2v) is 4.24. The summed E-state index contributed by atoms with van der Waals surface area (Å²) in [6.07, 6.45) is 7.39. The van der Waals surface area contributed by atoms with Crippen LogP contribution in [0.25, 0.3) is 0 Å².